The fourth-order valence-corrected chi connectivity index (χ4v) is 4.18. The minimum Gasteiger partial charge on any atom is -0.479 e. The van der Waals surface area contributed by atoms with Crippen molar-refractivity contribution >= 4 is 68.2 Å². The smallest absolute Gasteiger partial charge is 0.341 e. The monoisotopic (exact) mass is 467 g/mol. The number of carboxylic acids is 1. The molecule has 0 unspecified atom stereocenters. The zero-order valence-electron chi connectivity index (χ0n) is 13.5. The van der Waals surface area contributed by atoms with Gasteiger partial charge in [0.1, 0.15) is 0 Å². The number of anilines is 1. The van der Waals surface area contributed by atoms with Crippen LogP contribution in [0.4, 0.5) is 10.5 Å². The molecule has 2 aromatic carbocycles. The topological polar surface area (TPSA) is 83.9 Å². The van der Waals surface area contributed by atoms with Gasteiger partial charge < -0.3 is 9.84 Å². The summed E-state index contributed by atoms with van der Waals surface area (Å²) in [4.78, 5) is 36.9. The van der Waals surface area contributed by atoms with E-state index in [1.165, 1.54) is 6.07 Å². The van der Waals surface area contributed by atoms with E-state index < -0.39 is 18.5 Å². The van der Waals surface area contributed by atoms with Gasteiger partial charge in [-0.1, -0.05) is 29.8 Å². The van der Waals surface area contributed by atoms with Gasteiger partial charge in [-0.3, -0.25) is 9.59 Å². The molecule has 1 aliphatic heterocycles. The average Bonchev–Trinajstić information content (AvgIpc) is 2.88. The van der Waals surface area contributed by atoms with E-state index in [2.05, 4.69) is 15.9 Å². The van der Waals surface area contributed by atoms with Gasteiger partial charge in [-0.15, -0.1) is 0 Å². The van der Waals surface area contributed by atoms with Crippen molar-refractivity contribution in [3.63, 3.8) is 0 Å². The van der Waals surface area contributed by atoms with Crippen LogP contribution < -0.4 is 9.64 Å². The minimum absolute atomic E-state index is 0.180. The zero-order valence-corrected chi connectivity index (χ0v) is 16.7. The second kappa shape index (κ2) is 8.16. The zero-order chi connectivity index (χ0) is 19.6. The van der Waals surface area contributed by atoms with E-state index >= 15 is 0 Å². The molecule has 9 heteroatoms. The predicted molar refractivity (Wildman–Crippen MR) is 107 cm³/mol. The van der Waals surface area contributed by atoms with Crippen molar-refractivity contribution in [2.75, 3.05) is 11.5 Å². The maximum atomic E-state index is 12.6. The average molecular weight is 469 g/mol. The SMILES string of the molecule is O=C(O)COc1c(Cl)cc(/C=C2\SC(=O)N(c3ccccc3)C2=O)cc1Br. The van der Waals surface area contributed by atoms with Crippen LogP contribution in [0, 0.1) is 0 Å². The molecule has 2 amide bonds. The molecule has 0 aromatic heterocycles. The third kappa shape index (κ3) is 4.35. The lowest BCUT2D eigenvalue weighted by Crippen LogP contribution is -2.27. The Hall–Kier alpha value is -2.29. The van der Waals surface area contributed by atoms with Crippen molar-refractivity contribution in [1.29, 1.82) is 0 Å². The second-order valence-electron chi connectivity index (χ2n) is 5.35. The largest absolute Gasteiger partial charge is 0.479 e. The van der Waals surface area contributed by atoms with Crippen LogP contribution in [0.1, 0.15) is 5.56 Å². The van der Waals surface area contributed by atoms with Crippen LogP contribution in [0.15, 0.2) is 51.8 Å². The highest BCUT2D eigenvalue weighted by Gasteiger charge is 2.36. The highest BCUT2D eigenvalue weighted by molar-refractivity contribution is 9.10. The summed E-state index contributed by atoms with van der Waals surface area (Å²) in [7, 11) is 0. The third-order valence-corrected chi connectivity index (χ3v) is 5.21. The summed E-state index contributed by atoms with van der Waals surface area (Å²) < 4.78 is 5.57. The number of hydrogen-bond acceptors (Lipinski definition) is 5. The first-order valence-electron chi connectivity index (χ1n) is 7.53. The van der Waals surface area contributed by atoms with Crippen LogP contribution in [-0.4, -0.2) is 28.8 Å². The third-order valence-electron chi connectivity index (χ3n) is 3.47. The number of aliphatic carboxylic acids is 1. The standard InChI is InChI=1S/C18H11BrClNO5S/c19-12-6-10(7-13(20)16(12)26-9-15(22)23)8-14-17(24)21(18(25)27-14)11-4-2-1-3-5-11/h1-8H,9H2,(H,22,23)/b14-8-. The van der Waals surface area contributed by atoms with E-state index in [1.54, 1.807) is 42.5 Å². The molecular formula is C18H11BrClNO5S. The molecule has 6 nitrogen and oxygen atoms in total. The number of hydrogen-bond donors (Lipinski definition) is 1. The van der Waals surface area contributed by atoms with Crippen LogP contribution in [0.3, 0.4) is 0 Å². The molecule has 1 saturated heterocycles. The maximum Gasteiger partial charge on any atom is 0.341 e. The lowest BCUT2D eigenvalue weighted by molar-refractivity contribution is -0.139. The summed E-state index contributed by atoms with van der Waals surface area (Å²) in [5, 5.41) is 8.50. The van der Waals surface area contributed by atoms with Gasteiger partial charge in [-0.05, 0) is 63.6 Å². The highest BCUT2D eigenvalue weighted by Crippen LogP contribution is 2.38. The quantitative estimate of drug-likeness (QED) is 0.634. The number of nitrogens with zero attached hydrogens (tertiary/aromatic N) is 1. The van der Waals surface area contributed by atoms with E-state index in [4.69, 9.17) is 21.4 Å². The Morgan fingerprint density at radius 3 is 2.59 bits per heavy atom. The number of benzene rings is 2. The van der Waals surface area contributed by atoms with Gasteiger partial charge in [0.2, 0.25) is 0 Å². The number of carboxylic acid groups (broad SMARTS) is 1. The Morgan fingerprint density at radius 2 is 1.96 bits per heavy atom. The maximum absolute atomic E-state index is 12.6. The molecule has 0 atom stereocenters. The molecule has 1 fully saturated rings. The molecule has 0 aliphatic carbocycles. The summed E-state index contributed by atoms with van der Waals surface area (Å²) in [6, 6.07) is 11.8. The Morgan fingerprint density at radius 1 is 1.26 bits per heavy atom. The summed E-state index contributed by atoms with van der Waals surface area (Å²) in [5.41, 5.74) is 1.06. The van der Waals surface area contributed by atoms with Crippen molar-refractivity contribution in [1.82, 2.24) is 0 Å². The van der Waals surface area contributed by atoms with Crippen molar-refractivity contribution < 1.29 is 24.2 Å². The van der Waals surface area contributed by atoms with Gasteiger partial charge >= 0.3 is 5.97 Å². The summed E-state index contributed by atoms with van der Waals surface area (Å²) in [6.45, 7) is -0.534. The molecule has 1 heterocycles. The molecule has 138 valence electrons. The number of thioether (sulfide) groups is 1. The van der Waals surface area contributed by atoms with E-state index in [-0.39, 0.29) is 20.9 Å². The fourth-order valence-electron chi connectivity index (χ4n) is 2.35. The molecule has 2 aromatic rings. The van der Waals surface area contributed by atoms with Crippen LogP contribution in [0.25, 0.3) is 6.08 Å². The van der Waals surface area contributed by atoms with Crippen molar-refractivity contribution in [3.05, 3.63) is 62.4 Å². The number of halogens is 2. The van der Waals surface area contributed by atoms with Gasteiger partial charge in [0.15, 0.2) is 12.4 Å². The number of carbonyl (C=O) groups is 3. The lowest BCUT2D eigenvalue weighted by Gasteiger charge is -2.11. The van der Waals surface area contributed by atoms with E-state index in [9.17, 15) is 14.4 Å². The van der Waals surface area contributed by atoms with Crippen molar-refractivity contribution in [2.45, 2.75) is 0 Å². The molecule has 1 N–H and O–H groups in total. The molecule has 0 radical (unpaired) electrons. The Balaban J connectivity index is 1.88. The number of ether oxygens (including phenoxy) is 1. The second-order valence-corrected chi connectivity index (χ2v) is 7.60. The lowest BCUT2D eigenvalue weighted by atomic mass is 10.2. The minimum atomic E-state index is -1.13. The molecule has 27 heavy (non-hydrogen) atoms. The van der Waals surface area contributed by atoms with Crippen LogP contribution >= 0.6 is 39.3 Å². The number of carbonyl (C=O) groups excluding carboxylic acids is 2. The predicted octanol–water partition coefficient (Wildman–Crippen LogP) is 4.81. The molecular weight excluding hydrogens is 458 g/mol. The first-order valence-corrected chi connectivity index (χ1v) is 9.52. The number of para-hydroxylation sites is 1. The van der Waals surface area contributed by atoms with Crippen LogP contribution in [-0.2, 0) is 9.59 Å². The van der Waals surface area contributed by atoms with E-state index in [0.29, 0.717) is 15.7 Å². The number of rotatable bonds is 5. The Bertz CT molecular complexity index is 940. The summed E-state index contributed by atoms with van der Waals surface area (Å²) in [5.74, 6) is -1.36. The van der Waals surface area contributed by atoms with Crippen LogP contribution in [0.2, 0.25) is 5.02 Å². The Labute approximate surface area is 171 Å². The van der Waals surface area contributed by atoms with Gasteiger partial charge in [-0.25, -0.2) is 9.69 Å². The number of imide groups is 1. The van der Waals surface area contributed by atoms with Crippen molar-refractivity contribution in [3.8, 4) is 5.75 Å². The summed E-state index contributed by atoms with van der Waals surface area (Å²) >= 11 is 10.3. The van der Waals surface area contributed by atoms with E-state index in [0.717, 1.165) is 16.7 Å². The van der Waals surface area contributed by atoms with Gasteiger partial charge in [0, 0.05) is 0 Å². The van der Waals surface area contributed by atoms with Gasteiger partial charge in [0.05, 0.1) is 20.1 Å². The first kappa shape index (κ1) is 19.5. The summed E-state index contributed by atoms with van der Waals surface area (Å²) in [6.07, 6.45) is 1.55. The Kier molecular flexibility index (Phi) is 5.88. The molecule has 1 aliphatic rings. The first-order chi connectivity index (χ1) is 12.9. The molecule has 3 rings (SSSR count). The number of amides is 2. The van der Waals surface area contributed by atoms with Gasteiger partial charge in [-0.2, -0.15) is 0 Å². The highest BCUT2D eigenvalue weighted by atomic mass is 79.9. The fraction of sp³-hybridized carbons (Fsp3) is 0.0556. The van der Waals surface area contributed by atoms with Crippen LogP contribution in [0.5, 0.6) is 5.75 Å². The van der Waals surface area contributed by atoms with Crippen molar-refractivity contribution in [2.24, 2.45) is 0 Å². The molecule has 0 saturated carbocycles. The molecule has 0 spiro atoms. The van der Waals surface area contributed by atoms with Gasteiger partial charge in [0.25, 0.3) is 11.1 Å². The normalized spacial score (nSPS) is 15.5. The van der Waals surface area contributed by atoms with E-state index in [1.807, 2.05) is 0 Å². The molecule has 0 bridgehead atoms.